The predicted octanol–water partition coefficient (Wildman–Crippen LogP) is 0.872. The summed E-state index contributed by atoms with van der Waals surface area (Å²) >= 11 is 1.12. The molecule has 0 saturated heterocycles. The minimum Gasteiger partial charge on any atom is -0.390 e. The molecule has 0 spiro atoms. The van der Waals surface area contributed by atoms with Crippen LogP contribution in [-0.2, 0) is 16.8 Å². The van der Waals surface area contributed by atoms with Gasteiger partial charge in [-0.3, -0.25) is 4.90 Å². The molecule has 19 heavy (non-hydrogen) atoms. The van der Waals surface area contributed by atoms with E-state index < -0.39 is 35.1 Å². The largest absolute Gasteiger partial charge is 0.390 e. The van der Waals surface area contributed by atoms with Crippen molar-refractivity contribution in [3.05, 3.63) is 17.1 Å². The van der Waals surface area contributed by atoms with Gasteiger partial charge >= 0.3 is 10.2 Å². The lowest BCUT2D eigenvalue weighted by atomic mass is 10.2. The lowest BCUT2D eigenvalue weighted by molar-refractivity contribution is -0.0733. The van der Waals surface area contributed by atoms with Crippen molar-refractivity contribution in [1.29, 1.82) is 0 Å². The summed E-state index contributed by atoms with van der Waals surface area (Å²) in [4.78, 5) is 1.07. The highest BCUT2D eigenvalue weighted by atomic mass is 32.3. The Balaban J connectivity index is 2.67. The molecule has 0 aliphatic carbocycles. The molecule has 1 N–H and O–H groups in total. The maximum atomic E-state index is 13.1. The molecule has 110 valence electrons. The van der Waals surface area contributed by atoms with Crippen molar-refractivity contribution in [2.24, 2.45) is 0 Å². The Morgan fingerprint density at radius 2 is 2.16 bits per heavy atom. The molecule has 0 aromatic carbocycles. The molecule has 0 amide bonds. The first-order valence-electron chi connectivity index (χ1n) is 5.23. The standard InChI is InChI=1S/C9H13F3N2O3S2/c10-9(11,7-15)6-14(1-2-19(12,16)17)4-8-3-13-18-5-8/h3,5,15H,1-2,4,6-7H2. The number of aromatic nitrogens is 1. The molecular formula is C9H13F3N2O3S2. The Bertz CT molecular complexity index is 479. The van der Waals surface area contributed by atoms with Crippen LogP contribution >= 0.6 is 11.5 Å². The van der Waals surface area contributed by atoms with Gasteiger partial charge in [-0.15, -0.1) is 3.89 Å². The summed E-state index contributed by atoms with van der Waals surface area (Å²) in [5.74, 6) is -4.24. The predicted molar refractivity (Wildman–Crippen MR) is 64.3 cm³/mol. The van der Waals surface area contributed by atoms with Crippen LogP contribution in [0.3, 0.4) is 0 Å². The maximum Gasteiger partial charge on any atom is 0.303 e. The van der Waals surface area contributed by atoms with Crippen LogP contribution in [0, 0.1) is 0 Å². The molecule has 1 aromatic rings. The van der Waals surface area contributed by atoms with E-state index in [-0.39, 0.29) is 13.1 Å². The van der Waals surface area contributed by atoms with Crippen molar-refractivity contribution in [2.75, 3.05) is 25.4 Å². The average molecular weight is 318 g/mol. The number of aliphatic hydroxyl groups is 1. The molecule has 1 rings (SSSR count). The Hall–Kier alpha value is -0.710. The van der Waals surface area contributed by atoms with E-state index in [0.717, 1.165) is 16.4 Å². The van der Waals surface area contributed by atoms with Crippen molar-refractivity contribution in [3.8, 4) is 0 Å². The third-order valence-electron chi connectivity index (χ3n) is 2.23. The molecule has 1 aromatic heterocycles. The molecule has 0 atom stereocenters. The minimum atomic E-state index is -4.72. The fraction of sp³-hybridized carbons (Fsp3) is 0.667. The highest BCUT2D eigenvalue weighted by molar-refractivity contribution is 7.86. The van der Waals surface area contributed by atoms with Gasteiger partial charge in [-0.25, -0.2) is 13.2 Å². The summed E-state index contributed by atoms with van der Waals surface area (Å²) in [6.45, 7) is -2.57. The van der Waals surface area contributed by atoms with Crippen LogP contribution in [0.15, 0.2) is 11.6 Å². The lowest BCUT2D eigenvalue weighted by Gasteiger charge is -2.25. The normalized spacial score (nSPS) is 13.1. The van der Waals surface area contributed by atoms with Gasteiger partial charge in [-0.2, -0.15) is 8.42 Å². The zero-order valence-corrected chi connectivity index (χ0v) is 11.4. The van der Waals surface area contributed by atoms with Gasteiger partial charge in [-0.05, 0) is 17.1 Å². The van der Waals surface area contributed by atoms with Gasteiger partial charge in [0.1, 0.15) is 6.61 Å². The number of rotatable bonds is 8. The molecule has 0 saturated carbocycles. The first kappa shape index (κ1) is 16.3. The smallest absolute Gasteiger partial charge is 0.303 e. The first-order valence-corrected chi connectivity index (χ1v) is 7.62. The second-order valence-corrected chi connectivity index (χ2v) is 6.14. The fourth-order valence-electron chi connectivity index (χ4n) is 1.39. The first-order chi connectivity index (χ1) is 8.72. The van der Waals surface area contributed by atoms with Crippen LogP contribution in [-0.4, -0.2) is 54.2 Å². The van der Waals surface area contributed by atoms with E-state index in [1.165, 1.54) is 6.20 Å². The van der Waals surface area contributed by atoms with E-state index in [1.807, 2.05) is 0 Å². The van der Waals surface area contributed by atoms with Crippen molar-refractivity contribution in [1.82, 2.24) is 9.27 Å². The molecular weight excluding hydrogens is 305 g/mol. The summed E-state index contributed by atoms with van der Waals surface area (Å²) in [7, 11) is -4.72. The second kappa shape index (κ2) is 6.64. The average Bonchev–Trinajstić information content (AvgIpc) is 2.77. The molecule has 0 unspecified atom stereocenters. The Morgan fingerprint density at radius 1 is 1.47 bits per heavy atom. The summed E-state index contributed by atoms with van der Waals surface area (Å²) in [6.07, 6.45) is 1.46. The van der Waals surface area contributed by atoms with Crippen LogP contribution in [0.4, 0.5) is 12.7 Å². The zero-order chi connectivity index (χ0) is 14.5. The maximum absolute atomic E-state index is 13.1. The third-order valence-corrected chi connectivity index (χ3v) is 3.53. The quantitative estimate of drug-likeness (QED) is 0.720. The van der Waals surface area contributed by atoms with Gasteiger partial charge in [0.05, 0.1) is 12.3 Å². The Kier molecular flexibility index (Phi) is 5.71. The molecule has 1 heterocycles. The topological polar surface area (TPSA) is 70.5 Å². The number of alkyl halides is 2. The molecule has 0 radical (unpaired) electrons. The highest BCUT2D eigenvalue weighted by Gasteiger charge is 2.31. The Labute approximate surface area is 113 Å². The molecule has 10 heteroatoms. The SMILES string of the molecule is O=S(=O)(F)CCN(Cc1cnsc1)CC(F)(F)CO. The minimum absolute atomic E-state index is 0.0155. The van der Waals surface area contributed by atoms with Gasteiger partial charge in [-0.1, -0.05) is 0 Å². The lowest BCUT2D eigenvalue weighted by Crippen LogP contribution is -2.40. The highest BCUT2D eigenvalue weighted by Crippen LogP contribution is 2.17. The number of hydrogen-bond donors (Lipinski definition) is 1. The summed E-state index contributed by atoms with van der Waals surface area (Å²) in [5, 5.41) is 10.1. The van der Waals surface area contributed by atoms with Crippen LogP contribution < -0.4 is 0 Å². The van der Waals surface area contributed by atoms with Gasteiger partial charge in [0.2, 0.25) is 0 Å². The second-order valence-electron chi connectivity index (χ2n) is 4.00. The van der Waals surface area contributed by atoms with E-state index in [0.29, 0.717) is 5.56 Å². The van der Waals surface area contributed by atoms with E-state index in [1.54, 1.807) is 5.38 Å². The van der Waals surface area contributed by atoms with Crippen LogP contribution in [0.25, 0.3) is 0 Å². The van der Waals surface area contributed by atoms with E-state index in [4.69, 9.17) is 5.11 Å². The van der Waals surface area contributed by atoms with Crippen LogP contribution in [0.5, 0.6) is 0 Å². The van der Waals surface area contributed by atoms with Gasteiger partial charge in [0, 0.05) is 24.7 Å². The van der Waals surface area contributed by atoms with E-state index in [2.05, 4.69) is 4.37 Å². The van der Waals surface area contributed by atoms with Gasteiger partial charge in [0.25, 0.3) is 5.92 Å². The Morgan fingerprint density at radius 3 is 2.63 bits per heavy atom. The summed E-state index contributed by atoms with van der Waals surface area (Å²) < 4.78 is 63.3. The third kappa shape index (κ3) is 6.85. The van der Waals surface area contributed by atoms with Gasteiger partial charge in [0.15, 0.2) is 0 Å². The van der Waals surface area contributed by atoms with Crippen molar-refractivity contribution < 1.29 is 26.2 Å². The molecule has 0 bridgehead atoms. The molecule has 0 aliphatic heterocycles. The van der Waals surface area contributed by atoms with Crippen LogP contribution in [0.2, 0.25) is 0 Å². The number of halogens is 3. The number of aliphatic hydroxyl groups excluding tert-OH is 1. The van der Waals surface area contributed by atoms with Gasteiger partial charge < -0.3 is 5.11 Å². The van der Waals surface area contributed by atoms with Crippen molar-refractivity contribution >= 4 is 21.8 Å². The van der Waals surface area contributed by atoms with Crippen molar-refractivity contribution in [2.45, 2.75) is 12.5 Å². The molecule has 0 aliphatic rings. The van der Waals surface area contributed by atoms with Crippen molar-refractivity contribution in [3.63, 3.8) is 0 Å². The monoisotopic (exact) mass is 318 g/mol. The van der Waals surface area contributed by atoms with E-state index in [9.17, 15) is 21.1 Å². The molecule has 0 fully saturated rings. The number of hydrogen-bond acceptors (Lipinski definition) is 6. The zero-order valence-electron chi connectivity index (χ0n) is 9.80. The summed E-state index contributed by atoms with van der Waals surface area (Å²) in [5.41, 5.74) is 0.620. The van der Waals surface area contributed by atoms with E-state index >= 15 is 0 Å². The molecule has 5 nitrogen and oxygen atoms in total. The fourth-order valence-corrected chi connectivity index (χ4v) is 2.40. The summed E-state index contributed by atoms with van der Waals surface area (Å²) in [6, 6.07) is 0. The number of nitrogens with zero attached hydrogens (tertiary/aromatic N) is 2. The van der Waals surface area contributed by atoms with Crippen LogP contribution in [0.1, 0.15) is 5.56 Å².